The summed E-state index contributed by atoms with van der Waals surface area (Å²) in [6.45, 7) is 6.52. The Morgan fingerprint density at radius 2 is 2.05 bits per heavy atom. The Hall–Kier alpha value is -1.35. The van der Waals surface area contributed by atoms with Gasteiger partial charge >= 0.3 is 0 Å². The third kappa shape index (κ3) is 3.40. The van der Waals surface area contributed by atoms with E-state index in [0.717, 1.165) is 31.4 Å². The number of unbranched alkanes of at least 4 members (excludes halogenated alkanes) is 2. The molecule has 0 unspecified atom stereocenters. The predicted molar refractivity (Wildman–Crippen MR) is 86.3 cm³/mol. The third-order valence-electron chi connectivity index (χ3n) is 3.88. The molecule has 110 valence electrons. The van der Waals surface area contributed by atoms with E-state index in [2.05, 4.69) is 41.9 Å². The van der Waals surface area contributed by atoms with Crippen LogP contribution >= 0.6 is 0 Å². The van der Waals surface area contributed by atoms with E-state index >= 15 is 0 Å². The summed E-state index contributed by atoms with van der Waals surface area (Å²) in [5.74, 6) is 1.22. The second-order valence-corrected chi connectivity index (χ2v) is 5.42. The lowest BCUT2D eigenvalue weighted by atomic mass is 10.1. The zero-order chi connectivity index (χ0) is 14.4. The first-order chi connectivity index (χ1) is 9.80. The molecule has 0 saturated heterocycles. The molecule has 1 N–H and O–H groups in total. The van der Waals surface area contributed by atoms with Crippen molar-refractivity contribution in [3.63, 3.8) is 0 Å². The summed E-state index contributed by atoms with van der Waals surface area (Å²) in [4.78, 5) is 4.86. The summed E-state index contributed by atoms with van der Waals surface area (Å²) in [7, 11) is 2.00. The largest absolute Gasteiger partial charge is 0.328 e. The number of imidazole rings is 1. The van der Waals surface area contributed by atoms with E-state index in [1.807, 2.05) is 7.05 Å². The fraction of sp³-hybridized carbons (Fsp3) is 0.588. The first-order valence-electron chi connectivity index (χ1n) is 7.92. The first kappa shape index (κ1) is 15.0. The van der Waals surface area contributed by atoms with E-state index in [1.54, 1.807) is 0 Å². The third-order valence-corrected chi connectivity index (χ3v) is 3.88. The monoisotopic (exact) mass is 273 g/mol. The maximum atomic E-state index is 4.86. The molecular formula is C17H27N3. The Bertz CT molecular complexity index is 542. The highest BCUT2D eigenvalue weighted by atomic mass is 15.1. The fourth-order valence-electron chi connectivity index (χ4n) is 2.64. The van der Waals surface area contributed by atoms with Crippen LogP contribution in [0.25, 0.3) is 11.0 Å². The SMILES string of the molecule is CCCCCn1c(CCNC)nc2cc(CC)ccc21. The number of aromatic nitrogens is 2. The second kappa shape index (κ2) is 7.44. The molecule has 0 spiro atoms. The van der Waals surface area contributed by atoms with Crippen LogP contribution in [0.1, 0.15) is 44.5 Å². The molecule has 0 atom stereocenters. The minimum atomic E-state index is 0.984. The van der Waals surface area contributed by atoms with Crippen molar-refractivity contribution in [1.29, 1.82) is 0 Å². The summed E-state index contributed by atoms with van der Waals surface area (Å²) < 4.78 is 2.42. The lowest BCUT2D eigenvalue weighted by Crippen LogP contribution is -2.14. The molecule has 3 heteroatoms. The highest BCUT2D eigenvalue weighted by molar-refractivity contribution is 5.77. The molecule has 1 aromatic carbocycles. The van der Waals surface area contributed by atoms with Crippen molar-refractivity contribution in [1.82, 2.24) is 14.9 Å². The fourth-order valence-corrected chi connectivity index (χ4v) is 2.64. The number of nitrogens with one attached hydrogen (secondary N) is 1. The Balaban J connectivity index is 2.32. The van der Waals surface area contributed by atoms with E-state index in [0.29, 0.717) is 0 Å². The van der Waals surface area contributed by atoms with Gasteiger partial charge < -0.3 is 9.88 Å². The molecule has 0 aliphatic heterocycles. The molecule has 0 amide bonds. The van der Waals surface area contributed by atoms with Crippen molar-refractivity contribution in [2.24, 2.45) is 0 Å². The van der Waals surface area contributed by atoms with Gasteiger partial charge in [0, 0.05) is 19.5 Å². The van der Waals surface area contributed by atoms with Crippen molar-refractivity contribution in [3.05, 3.63) is 29.6 Å². The van der Waals surface area contributed by atoms with Crippen LogP contribution in [0.3, 0.4) is 0 Å². The first-order valence-corrected chi connectivity index (χ1v) is 7.92. The van der Waals surface area contributed by atoms with Crippen LogP contribution in [-0.2, 0) is 19.4 Å². The number of rotatable bonds is 8. The number of benzene rings is 1. The van der Waals surface area contributed by atoms with Gasteiger partial charge in [-0.2, -0.15) is 0 Å². The Labute approximate surface area is 122 Å². The van der Waals surface area contributed by atoms with Crippen molar-refractivity contribution < 1.29 is 0 Å². The van der Waals surface area contributed by atoms with E-state index in [4.69, 9.17) is 4.98 Å². The summed E-state index contributed by atoms with van der Waals surface area (Å²) in [6, 6.07) is 6.73. The van der Waals surface area contributed by atoms with Crippen LogP contribution in [0.4, 0.5) is 0 Å². The maximum Gasteiger partial charge on any atom is 0.111 e. The van der Waals surface area contributed by atoms with Gasteiger partial charge in [0.1, 0.15) is 5.82 Å². The number of aryl methyl sites for hydroxylation is 2. The van der Waals surface area contributed by atoms with Crippen molar-refractivity contribution in [3.8, 4) is 0 Å². The van der Waals surface area contributed by atoms with E-state index in [-0.39, 0.29) is 0 Å². The number of nitrogens with zero attached hydrogens (tertiary/aromatic N) is 2. The molecule has 0 saturated carbocycles. The van der Waals surface area contributed by atoms with Crippen LogP contribution in [-0.4, -0.2) is 23.1 Å². The quantitative estimate of drug-likeness (QED) is 0.745. The Morgan fingerprint density at radius 3 is 2.75 bits per heavy atom. The minimum absolute atomic E-state index is 0.984. The zero-order valence-corrected chi connectivity index (χ0v) is 13.1. The molecular weight excluding hydrogens is 246 g/mol. The topological polar surface area (TPSA) is 29.9 Å². The van der Waals surface area contributed by atoms with Crippen LogP contribution < -0.4 is 5.32 Å². The average Bonchev–Trinajstić information content (AvgIpc) is 2.82. The Kier molecular flexibility index (Phi) is 5.60. The number of fused-ring (bicyclic) bond motifs is 1. The van der Waals surface area contributed by atoms with Gasteiger partial charge in [-0.1, -0.05) is 32.8 Å². The number of likely N-dealkylation sites (N-methyl/N-ethyl adjacent to an activating group) is 1. The number of hydrogen-bond donors (Lipinski definition) is 1. The molecule has 2 aromatic rings. The van der Waals surface area contributed by atoms with Gasteiger partial charge in [0.05, 0.1) is 11.0 Å². The average molecular weight is 273 g/mol. The summed E-state index contributed by atoms with van der Waals surface area (Å²) >= 11 is 0. The summed E-state index contributed by atoms with van der Waals surface area (Å²) in [5, 5.41) is 3.22. The molecule has 20 heavy (non-hydrogen) atoms. The smallest absolute Gasteiger partial charge is 0.111 e. The van der Waals surface area contributed by atoms with Gasteiger partial charge in [-0.3, -0.25) is 0 Å². The van der Waals surface area contributed by atoms with Gasteiger partial charge in [0.25, 0.3) is 0 Å². The molecule has 2 rings (SSSR count). The van der Waals surface area contributed by atoms with Crippen LogP contribution in [0.2, 0.25) is 0 Å². The molecule has 0 aliphatic carbocycles. The number of hydrogen-bond acceptors (Lipinski definition) is 2. The molecule has 0 aliphatic rings. The van der Waals surface area contributed by atoms with E-state index < -0.39 is 0 Å². The van der Waals surface area contributed by atoms with Crippen molar-refractivity contribution in [2.75, 3.05) is 13.6 Å². The van der Waals surface area contributed by atoms with Gasteiger partial charge in [0.15, 0.2) is 0 Å². The lowest BCUT2D eigenvalue weighted by molar-refractivity contribution is 0.585. The molecule has 0 radical (unpaired) electrons. The highest BCUT2D eigenvalue weighted by Crippen LogP contribution is 2.20. The maximum absolute atomic E-state index is 4.86. The van der Waals surface area contributed by atoms with Gasteiger partial charge in [-0.05, 0) is 37.6 Å². The predicted octanol–water partition coefficient (Wildman–Crippen LogP) is 3.55. The lowest BCUT2D eigenvalue weighted by Gasteiger charge is -2.09. The standard InChI is InChI=1S/C17H27N3/c1-4-6-7-12-20-16-9-8-14(5-2)13-15(16)19-17(20)10-11-18-3/h8-9,13,18H,4-7,10-12H2,1-3H3. The minimum Gasteiger partial charge on any atom is -0.328 e. The van der Waals surface area contributed by atoms with Crippen LogP contribution in [0.5, 0.6) is 0 Å². The van der Waals surface area contributed by atoms with Gasteiger partial charge in [-0.25, -0.2) is 4.98 Å². The highest BCUT2D eigenvalue weighted by Gasteiger charge is 2.10. The molecule has 0 bridgehead atoms. The summed E-state index contributed by atoms with van der Waals surface area (Å²) in [5.41, 5.74) is 3.83. The normalized spacial score (nSPS) is 11.3. The van der Waals surface area contributed by atoms with Gasteiger partial charge in [0.2, 0.25) is 0 Å². The van der Waals surface area contributed by atoms with Crippen LogP contribution in [0.15, 0.2) is 18.2 Å². The summed E-state index contributed by atoms with van der Waals surface area (Å²) in [6.07, 6.45) is 5.87. The molecule has 1 aromatic heterocycles. The van der Waals surface area contributed by atoms with Crippen LogP contribution in [0, 0.1) is 0 Å². The molecule has 0 fully saturated rings. The van der Waals surface area contributed by atoms with Crippen molar-refractivity contribution in [2.45, 2.75) is 52.5 Å². The van der Waals surface area contributed by atoms with Gasteiger partial charge in [-0.15, -0.1) is 0 Å². The molecule has 1 heterocycles. The zero-order valence-electron chi connectivity index (χ0n) is 13.1. The van der Waals surface area contributed by atoms with E-state index in [1.165, 1.54) is 36.2 Å². The second-order valence-electron chi connectivity index (χ2n) is 5.42. The van der Waals surface area contributed by atoms with E-state index in [9.17, 15) is 0 Å². The molecule has 3 nitrogen and oxygen atoms in total. The van der Waals surface area contributed by atoms with Crippen molar-refractivity contribution >= 4 is 11.0 Å². The Morgan fingerprint density at radius 1 is 1.20 bits per heavy atom.